The first-order valence-electron chi connectivity index (χ1n) is 9.40. The van der Waals surface area contributed by atoms with Gasteiger partial charge in [-0.05, 0) is 24.4 Å². The molecule has 2 aromatic carbocycles. The highest BCUT2D eigenvalue weighted by molar-refractivity contribution is 6.89. The van der Waals surface area contributed by atoms with E-state index in [1.165, 1.54) is 10.8 Å². The summed E-state index contributed by atoms with van der Waals surface area (Å²) in [6.45, 7) is 6.89. The zero-order chi connectivity index (χ0) is 17.9. The van der Waals surface area contributed by atoms with Crippen molar-refractivity contribution in [2.45, 2.75) is 57.2 Å². The molecule has 1 aliphatic heterocycles. The molecule has 1 aliphatic rings. The number of hydrogen-bond donors (Lipinski definition) is 1. The van der Waals surface area contributed by atoms with Crippen LogP contribution in [0.25, 0.3) is 0 Å². The maximum atomic E-state index is 10.7. The van der Waals surface area contributed by atoms with Gasteiger partial charge in [-0.3, -0.25) is 0 Å². The molecule has 2 nitrogen and oxygen atoms in total. The van der Waals surface area contributed by atoms with Gasteiger partial charge in [0.15, 0.2) is 0 Å². The number of rotatable bonds is 6. The van der Waals surface area contributed by atoms with Gasteiger partial charge in [-0.2, -0.15) is 0 Å². The molecule has 0 aromatic heterocycles. The molecule has 25 heavy (non-hydrogen) atoms. The fraction of sp³-hybridized carbons (Fsp3) is 0.455. The summed E-state index contributed by atoms with van der Waals surface area (Å²) >= 11 is 0. The van der Waals surface area contributed by atoms with Gasteiger partial charge in [-0.1, -0.05) is 85.9 Å². The van der Waals surface area contributed by atoms with E-state index in [1.54, 1.807) is 0 Å². The number of benzene rings is 2. The molecule has 3 heteroatoms. The van der Waals surface area contributed by atoms with Crippen LogP contribution in [0.4, 0.5) is 0 Å². The van der Waals surface area contributed by atoms with Gasteiger partial charge in [0.05, 0.1) is 26.4 Å². The van der Waals surface area contributed by atoms with E-state index in [9.17, 15) is 5.11 Å². The van der Waals surface area contributed by atoms with Crippen molar-refractivity contribution in [1.29, 1.82) is 0 Å². The Bertz CT molecular complexity index is 656. The van der Waals surface area contributed by atoms with Gasteiger partial charge in [0.1, 0.15) is 0 Å². The Morgan fingerprint density at radius 1 is 0.920 bits per heavy atom. The van der Waals surface area contributed by atoms with E-state index >= 15 is 0 Å². The SMILES string of the molecule is C[C@@H]1[C@@H](O)[C@H](C[Si](C)(C)c2ccccc2)O[C@@H]1CCc1ccccc1. The highest BCUT2D eigenvalue weighted by atomic mass is 28.3. The monoisotopic (exact) mass is 354 g/mol. The molecular weight excluding hydrogens is 324 g/mol. The third-order valence-corrected chi connectivity index (χ3v) is 9.00. The Morgan fingerprint density at radius 2 is 1.52 bits per heavy atom. The summed E-state index contributed by atoms with van der Waals surface area (Å²) in [6, 6.07) is 22.3. The standard InChI is InChI=1S/C22H30O2Si/c1-17-20(15-14-18-10-6-4-7-11-18)24-21(22(17)23)16-25(2,3)19-12-8-5-9-13-19/h4-13,17,20-23H,14-16H2,1-3H3/t17-,20+,21-,22+/m0/s1. The van der Waals surface area contributed by atoms with Crippen LogP contribution in [0.3, 0.4) is 0 Å². The van der Waals surface area contributed by atoms with Crippen molar-refractivity contribution in [2.24, 2.45) is 5.92 Å². The first-order chi connectivity index (χ1) is 12.0. The first kappa shape index (κ1) is 18.4. The van der Waals surface area contributed by atoms with Crippen LogP contribution in [-0.2, 0) is 11.2 Å². The van der Waals surface area contributed by atoms with Gasteiger partial charge in [0.25, 0.3) is 0 Å². The minimum atomic E-state index is -1.62. The van der Waals surface area contributed by atoms with Gasteiger partial charge < -0.3 is 9.84 Å². The molecule has 0 bridgehead atoms. The van der Waals surface area contributed by atoms with Crippen molar-refractivity contribution >= 4 is 13.3 Å². The maximum absolute atomic E-state index is 10.7. The zero-order valence-corrected chi connectivity index (χ0v) is 16.6. The summed E-state index contributed by atoms with van der Waals surface area (Å²) in [5, 5.41) is 12.2. The van der Waals surface area contributed by atoms with Crippen LogP contribution in [0.5, 0.6) is 0 Å². The summed E-state index contributed by atoms with van der Waals surface area (Å²) in [6.07, 6.45) is 1.76. The minimum Gasteiger partial charge on any atom is -0.390 e. The van der Waals surface area contributed by atoms with E-state index in [1.807, 2.05) is 6.07 Å². The molecule has 2 aromatic rings. The molecule has 0 spiro atoms. The van der Waals surface area contributed by atoms with Crippen molar-refractivity contribution in [3.8, 4) is 0 Å². The number of aryl methyl sites for hydroxylation is 1. The lowest BCUT2D eigenvalue weighted by molar-refractivity contribution is 0.0186. The molecule has 0 aliphatic carbocycles. The fourth-order valence-electron chi connectivity index (χ4n) is 3.95. The summed E-state index contributed by atoms with van der Waals surface area (Å²) < 4.78 is 6.35. The quantitative estimate of drug-likeness (QED) is 0.795. The highest BCUT2D eigenvalue weighted by Crippen LogP contribution is 2.34. The smallest absolute Gasteiger partial charge is 0.0849 e. The Kier molecular flexibility index (Phi) is 5.77. The van der Waals surface area contributed by atoms with Crippen LogP contribution in [-0.4, -0.2) is 31.5 Å². The molecular formula is C22H30O2Si. The second-order valence-corrected chi connectivity index (χ2v) is 12.8. The molecule has 134 valence electrons. The Labute approximate surface area is 152 Å². The third kappa shape index (κ3) is 4.41. The van der Waals surface area contributed by atoms with E-state index in [0.717, 1.165) is 18.9 Å². The molecule has 4 atom stereocenters. The summed E-state index contributed by atoms with van der Waals surface area (Å²) in [5.74, 6) is 0.203. The van der Waals surface area contributed by atoms with E-state index in [0.29, 0.717) is 0 Å². The minimum absolute atomic E-state index is 0.0300. The molecule has 3 rings (SSSR count). The van der Waals surface area contributed by atoms with Gasteiger partial charge in [0, 0.05) is 5.92 Å². The summed E-state index contributed by atoms with van der Waals surface area (Å²) in [4.78, 5) is 0. The number of ether oxygens (including phenoxy) is 1. The van der Waals surface area contributed by atoms with Gasteiger partial charge >= 0.3 is 0 Å². The number of aliphatic hydroxyl groups is 1. The van der Waals surface area contributed by atoms with Crippen LogP contribution in [0.15, 0.2) is 60.7 Å². The molecule has 0 saturated carbocycles. The van der Waals surface area contributed by atoms with Crippen molar-refractivity contribution in [2.75, 3.05) is 0 Å². The Balaban J connectivity index is 1.62. The number of aliphatic hydroxyl groups excluding tert-OH is 1. The molecule has 0 unspecified atom stereocenters. The van der Waals surface area contributed by atoms with E-state index in [-0.39, 0.29) is 24.2 Å². The van der Waals surface area contributed by atoms with Crippen LogP contribution >= 0.6 is 0 Å². The Morgan fingerprint density at radius 3 is 2.16 bits per heavy atom. The van der Waals surface area contributed by atoms with Crippen LogP contribution in [0.1, 0.15) is 18.9 Å². The van der Waals surface area contributed by atoms with Crippen LogP contribution in [0, 0.1) is 5.92 Å². The second-order valence-electron chi connectivity index (χ2n) is 8.04. The molecule has 1 fully saturated rings. The van der Waals surface area contributed by atoms with E-state index in [4.69, 9.17) is 4.74 Å². The Hall–Kier alpha value is -1.42. The van der Waals surface area contributed by atoms with Crippen LogP contribution in [0.2, 0.25) is 19.1 Å². The number of hydrogen-bond acceptors (Lipinski definition) is 2. The molecule has 0 radical (unpaired) electrons. The molecule has 0 amide bonds. The van der Waals surface area contributed by atoms with Crippen molar-refractivity contribution < 1.29 is 9.84 Å². The molecule has 1 saturated heterocycles. The maximum Gasteiger partial charge on any atom is 0.0849 e. The lowest BCUT2D eigenvalue weighted by Crippen LogP contribution is -2.46. The third-order valence-electron chi connectivity index (χ3n) is 5.68. The van der Waals surface area contributed by atoms with Gasteiger partial charge in [-0.25, -0.2) is 0 Å². The van der Waals surface area contributed by atoms with Crippen LogP contribution < -0.4 is 5.19 Å². The van der Waals surface area contributed by atoms with Crippen molar-refractivity contribution in [3.63, 3.8) is 0 Å². The normalized spacial score (nSPS) is 26.7. The lowest BCUT2D eigenvalue weighted by Gasteiger charge is -2.28. The summed E-state index contributed by atoms with van der Waals surface area (Å²) in [5.41, 5.74) is 1.34. The highest BCUT2D eigenvalue weighted by Gasteiger charge is 2.43. The topological polar surface area (TPSA) is 29.5 Å². The van der Waals surface area contributed by atoms with E-state index < -0.39 is 8.07 Å². The second kappa shape index (κ2) is 7.86. The predicted octanol–water partition coefficient (Wildman–Crippen LogP) is 4.00. The fourth-order valence-corrected chi connectivity index (χ4v) is 6.63. The zero-order valence-electron chi connectivity index (χ0n) is 15.6. The van der Waals surface area contributed by atoms with Gasteiger partial charge in [-0.15, -0.1) is 0 Å². The largest absolute Gasteiger partial charge is 0.390 e. The molecule has 1 N–H and O–H groups in total. The van der Waals surface area contributed by atoms with E-state index in [2.05, 4.69) is 74.6 Å². The first-order valence-corrected chi connectivity index (χ1v) is 12.6. The van der Waals surface area contributed by atoms with Gasteiger partial charge in [0.2, 0.25) is 0 Å². The summed E-state index contributed by atoms with van der Waals surface area (Å²) in [7, 11) is -1.62. The predicted molar refractivity (Wildman–Crippen MR) is 107 cm³/mol. The lowest BCUT2D eigenvalue weighted by atomic mass is 9.94. The van der Waals surface area contributed by atoms with Crippen molar-refractivity contribution in [3.05, 3.63) is 66.2 Å². The average Bonchev–Trinajstić information content (AvgIpc) is 2.89. The van der Waals surface area contributed by atoms with Crippen molar-refractivity contribution in [1.82, 2.24) is 0 Å². The average molecular weight is 355 g/mol. The molecule has 1 heterocycles.